The zero-order valence-electron chi connectivity index (χ0n) is 16.3. The summed E-state index contributed by atoms with van der Waals surface area (Å²) in [5, 5.41) is 0. The Morgan fingerprint density at radius 2 is 2.07 bits per heavy atom. The molecule has 28 heavy (non-hydrogen) atoms. The number of hydrazine groups is 1. The van der Waals surface area contributed by atoms with Gasteiger partial charge in [0, 0.05) is 31.6 Å². The number of benzene rings is 1. The van der Waals surface area contributed by atoms with Crippen LogP contribution < -0.4 is 16.2 Å². The topological polar surface area (TPSA) is 101 Å². The number of nitrogens with zero attached hydrogens (tertiary/aromatic N) is 3. The number of amides is 2. The van der Waals surface area contributed by atoms with Gasteiger partial charge < -0.3 is 14.5 Å². The average Bonchev–Trinajstić information content (AvgIpc) is 3.22. The van der Waals surface area contributed by atoms with Gasteiger partial charge in [-0.25, -0.2) is 15.6 Å². The van der Waals surface area contributed by atoms with Crippen LogP contribution in [0.3, 0.4) is 0 Å². The molecule has 2 fully saturated rings. The number of carbonyl (C=O) groups is 2. The maximum absolute atomic E-state index is 12.5. The van der Waals surface area contributed by atoms with Crippen LogP contribution in [0.15, 0.2) is 23.7 Å². The summed E-state index contributed by atoms with van der Waals surface area (Å²) in [7, 11) is 0. The monoisotopic (exact) mass is 403 g/mol. The molecule has 2 aliphatic heterocycles. The van der Waals surface area contributed by atoms with E-state index >= 15 is 0 Å². The number of aromatic nitrogens is 1. The van der Waals surface area contributed by atoms with Crippen LogP contribution in [0.1, 0.15) is 20.8 Å². The minimum atomic E-state index is -0.544. The van der Waals surface area contributed by atoms with E-state index in [0.29, 0.717) is 26.2 Å². The quantitative estimate of drug-likeness (QED) is 0.452. The van der Waals surface area contributed by atoms with E-state index < -0.39 is 5.60 Å². The highest BCUT2D eigenvalue weighted by Crippen LogP contribution is 2.47. The molecule has 2 aromatic rings. The van der Waals surface area contributed by atoms with Gasteiger partial charge >= 0.3 is 6.09 Å². The molecule has 0 radical (unpaired) electrons. The van der Waals surface area contributed by atoms with Crippen molar-refractivity contribution >= 4 is 39.2 Å². The zero-order chi connectivity index (χ0) is 20.1. The van der Waals surface area contributed by atoms with Gasteiger partial charge in [-0.15, -0.1) is 11.3 Å². The minimum Gasteiger partial charge on any atom is -0.444 e. The highest BCUT2D eigenvalue weighted by molar-refractivity contribution is 7.17. The molecular formula is C19H25N5O3S. The average molecular weight is 404 g/mol. The maximum Gasteiger partial charge on any atom is 0.410 e. The van der Waals surface area contributed by atoms with Crippen molar-refractivity contribution in [3.8, 4) is 0 Å². The van der Waals surface area contributed by atoms with E-state index in [1.54, 1.807) is 16.2 Å². The number of fused-ring (bicyclic) bond motifs is 1. The number of carbonyl (C=O) groups excluding carboxylic acids is 2. The molecule has 3 N–H and O–H groups in total. The third-order valence-corrected chi connectivity index (χ3v) is 6.31. The molecule has 1 aromatic heterocycles. The van der Waals surface area contributed by atoms with Gasteiger partial charge in [0.15, 0.2) is 0 Å². The van der Waals surface area contributed by atoms with Gasteiger partial charge in [-0.05, 0) is 32.9 Å². The molecule has 8 nitrogen and oxygen atoms in total. The second-order valence-corrected chi connectivity index (χ2v) is 9.47. The van der Waals surface area contributed by atoms with E-state index in [1.807, 2.05) is 38.4 Å². The first-order valence-corrected chi connectivity index (χ1v) is 10.2. The summed E-state index contributed by atoms with van der Waals surface area (Å²) in [6.07, 6.45) is -0.340. The lowest BCUT2D eigenvalue weighted by Crippen LogP contribution is -2.64. The molecule has 4 rings (SSSR count). The molecule has 3 heterocycles. The van der Waals surface area contributed by atoms with E-state index in [4.69, 9.17) is 10.6 Å². The van der Waals surface area contributed by atoms with Crippen molar-refractivity contribution < 1.29 is 14.3 Å². The zero-order valence-corrected chi connectivity index (χ0v) is 17.1. The summed E-state index contributed by atoms with van der Waals surface area (Å²) < 4.78 is 6.57. The predicted molar refractivity (Wildman–Crippen MR) is 108 cm³/mol. The summed E-state index contributed by atoms with van der Waals surface area (Å²) in [5.41, 5.74) is 5.29. The Morgan fingerprint density at radius 3 is 2.75 bits per heavy atom. The van der Waals surface area contributed by atoms with Crippen LogP contribution in [0.2, 0.25) is 0 Å². The lowest BCUT2D eigenvalue weighted by molar-refractivity contribution is -0.132. The molecule has 0 saturated carbocycles. The van der Waals surface area contributed by atoms with Crippen molar-refractivity contribution in [2.75, 3.05) is 31.1 Å². The van der Waals surface area contributed by atoms with Crippen LogP contribution >= 0.6 is 11.3 Å². The van der Waals surface area contributed by atoms with E-state index in [1.165, 1.54) is 0 Å². The van der Waals surface area contributed by atoms with Gasteiger partial charge in [0.25, 0.3) is 0 Å². The Labute approximate surface area is 167 Å². The Bertz CT molecular complexity index is 916. The summed E-state index contributed by atoms with van der Waals surface area (Å²) >= 11 is 1.59. The van der Waals surface area contributed by atoms with E-state index in [-0.39, 0.29) is 23.3 Å². The lowest BCUT2D eigenvalue weighted by Gasteiger charge is -2.50. The first-order valence-electron chi connectivity index (χ1n) is 9.28. The second-order valence-electron chi connectivity index (χ2n) is 8.62. The SMILES string of the molecule is CC(C)(C)OC(=O)N1CC2(C1)CN(c1cccc3ncsc13)CC2C(=O)NN. The smallest absolute Gasteiger partial charge is 0.410 e. The largest absolute Gasteiger partial charge is 0.444 e. The van der Waals surface area contributed by atoms with Crippen molar-refractivity contribution in [1.82, 2.24) is 15.3 Å². The molecule has 2 amide bonds. The normalized spacial score (nSPS) is 21.1. The fourth-order valence-corrected chi connectivity index (χ4v) is 5.06. The number of thiazole rings is 1. The Hall–Kier alpha value is -2.39. The molecule has 0 aliphatic carbocycles. The third kappa shape index (κ3) is 3.18. The number of nitrogens with two attached hydrogens (primary N) is 1. The standard InChI is InChI=1S/C19H25N5O3S/c1-18(2,3)27-17(26)24-9-19(10-24)8-23(7-12(19)16(25)22-20)14-6-4-5-13-15(14)28-11-21-13/h4-6,11-12H,7-10,20H2,1-3H3,(H,22,25). The van der Waals surface area contributed by atoms with Crippen molar-refractivity contribution in [2.24, 2.45) is 17.2 Å². The molecule has 1 spiro atoms. The van der Waals surface area contributed by atoms with E-state index in [0.717, 1.165) is 15.9 Å². The first kappa shape index (κ1) is 18.9. The summed E-state index contributed by atoms with van der Waals surface area (Å²) in [5.74, 6) is 4.97. The number of ether oxygens (including phenoxy) is 1. The Balaban J connectivity index is 1.57. The highest BCUT2D eigenvalue weighted by atomic mass is 32.1. The fraction of sp³-hybridized carbons (Fsp3) is 0.526. The molecule has 1 aromatic carbocycles. The molecule has 2 aliphatic rings. The second kappa shape index (κ2) is 6.59. The van der Waals surface area contributed by atoms with Gasteiger partial charge in [0.05, 0.1) is 27.3 Å². The molecule has 1 unspecified atom stereocenters. The van der Waals surface area contributed by atoms with Crippen LogP contribution in [-0.4, -0.2) is 53.7 Å². The first-order chi connectivity index (χ1) is 13.2. The highest BCUT2D eigenvalue weighted by Gasteiger charge is 2.58. The van der Waals surface area contributed by atoms with Crippen LogP contribution in [0.4, 0.5) is 10.5 Å². The molecule has 9 heteroatoms. The molecule has 0 bridgehead atoms. The summed E-state index contributed by atoms with van der Waals surface area (Å²) in [6, 6.07) is 6.02. The van der Waals surface area contributed by atoms with Gasteiger partial charge in [-0.2, -0.15) is 0 Å². The van der Waals surface area contributed by atoms with Crippen LogP contribution in [-0.2, 0) is 9.53 Å². The van der Waals surface area contributed by atoms with Crippen molar-refractivity contribution in [1.29, 1.82) is 0 Å². The van der Waals surface area contributed by atoms with Gasteiger partial charge in [-0.1, -0.05) is 6.07 Å². The maximum atomic E-state index is 12.5. The number of hydrogen-bond acceptors (Lipinski definition) is 7. The summed E-state index contributed by atoms with van der Waals surface area (Å²) in [4.78, 5) is 33.2. The predicted octanol–water partition coefficient (Wildman–Crippen LogP) is 1.96. The molecule has 2 saturated heterocycles. The van der Waals surface area contributed by atoms with Crippen molar-refractivity contribution in [3.05, 3.63) is 23.7 Å². The minimum absolute atomic E-state index is 0.192. The number of nitrogens with one attached hydrogen (secondary N) is 1. The Kier molecular flexibility index (Phi) is 4.46. The van der Waals surface area contributed by atoms with Crippen molar-refractivity contribution in [2.45, 2.75) is 26.4 Å². The number of hydrogen-bond donors (Lipinski definition) is 2. The van der Waals surface area contributed by atoms with Crippen molar-refractivity contribution in [3.63, 3.8) is 0 Å². The number of rotatable bonds is 2. The fourth-order valence-electron chi connectivity index (χ4n) is 4.22. The molecule has 150 valence electrons. The Morgan fingerprint density at radius 1 is 1.32 bits per heavy atom. The molecular weight excluding hydrogens is 378 g/mol. The van der Waals surface area contributed by atoms with E-state index in [9.17, 15) is 9.59 Å². The van der Waals surface area contributed by atoms with Gasteiger partial charge in [-0.3, -0.25) is 10.2 Å². The third-order valence-electron chi connectivity index (χ3n) is 5.45. The lowest BCUT2D eigenvalue weighted by atomic mass is 9.71. The number of anilines is 1. The van der Waals surface area contributed by atoms with Gasteiger partial charge in [0.2, 0.25) is 5.91 Å². The van der Waals surface area contributed by atoms with Crippen LogP contribution in [0.25, 0.3) is 10.2 Å². The summed E-state index contributed by atoms with van der Waals surface area (Å²) in [6.45, 7) is 7.74. The van der Waals surface area contributed by atoms with E-state index in [2.05, 4.69) is 21.4 Å². The van der Waals surface area contributed by atoms with Crippen LogP contribution in [0.5, 0.6) is 0 Å². The number of likely N-dealkylation sites (tertiary alicyclic amines) is 1. The van der Waals surface area contributed by atoms with Gasteiger partial charge in [0.1, 0.15) is 5.60 Å². The van der Waals surface area contributed by atoms with Crippen LogP contribution in [0, 0.1) is 11.3 Å². The molecule has 1 atom stereocenters.